The van der Waals surface area contributed by atoms with Crippen LogP contribution in [-0.4, -0.2) is 19.6 Å². The largest absolute Gasteiger partial charge is 0.325 e. The number of benzene rings is 2. The fourth-order valence-electron chi connectivity index (χ4n) is 2.26. The SMILES string of the molecule is CC(Sc1ccc(NS(=O)(=O)c2cccs2)cc1)C(=O)Nc1ccc(Cl)cc1. The maximum atomic E-state index is 12.3. The number of nitrogens with one attached hydrogen (secondary N) is 2. The maximum absolute atomic E-state index is 12.3. The van der Waals surface area contributed by atoms with Crippen molar-refractivity contribution in [3.05, 3.63) is 71.1 Å². The number of sulfonamides is 1. The molecule has 1 atom stereocenters. The van der Waals surface area contributed by atoms with Gasteiger partial charge in [0.05, 0.1) is 5.25 Å². The van der Waals surface area contributed by atoms with Crippen molar-refractivity contribution in [1.29, 1.82) is 0 Å². The van der Waals surface area contributed by atoms with Gasteiger partial charge in [0.15, 0.2) is 0 Å². The van der Waals surface area contributed by atoms with Crippen LogP contribution in [0.25, 0.3) is 0 Å². The van der Waals surface area contributed by atoms with Crippen LogP contribution in [0.5, 0.6) is 0 Å². The predicted octanol–water partition coefficient (Wildman–Crippen LogP) is 5.32. The van der Waals surface area contributed by atoms with Crippen molar-refractivity contribution in [2.24, 2.45) is 0 Å². The van der Waals surface area contributed by atoms with E-state index in [4.69, 9.17) is 11.6 Å². The van der Waals surface area contributed by atoms with Crippen LogP contribution >= 0.6 is 34.7 Å². The molecule has 146 valence electrons. The molecule has 1 unspecified atom stereocenters. The van der Waals surface area contributed by atoms with Gasteiger partial charge in [-0.2, -0.15) is 0 Å². The molecule has 1 amide bonds. The molecule has 0 aliphatic heterocycles. The third kappa shape index (κ3) is 5.51. The lowest BCUT2D eigenvalue weighted by atomic mass is 10.3. The van der Waals surface area contributed by atoms with E-state index >= 15 is 0 Å². The molecular weight excluding hydrogens is 436 g/mol. The first kappa shape index (κ1) is 20.7. The van der Waals surface area contributed by atoms with Crippen LogP contribution < -0.4 is 10.0 Å². The maximum Gasteiger partial charge on any atom is 0.271 e. The molecule has 1 aromatic heterocycles. The number of thioether (sulfide) groups is 1. The van der Waals surface area contributed by atoms with Gasteiger partial charge in [0.2, 0.25) is 5.91 Å². The van der Waals surface area contributed by atoms with Gasteiger partial charge in [-0.05, 0) is 66.9 Å². The Hall–Kier alpha value is -2.00. The molecular formula is C19H17ClN2O3S3. The van der Waals surface area contributed by atoms with Crippen molar-refractivity contribution in [1.82, 2.24) is 0 Å². The van der Waals surface area contributed by atoms with E-state index in [1.807, 2.05) is 6.92 Å². The number of rotatable bonds is 7. The normalized spacial score (nSPS) is 12.4. The van der Waals surface area contributed by atoms with E-state index in [0.29, 0.717) is 16.4 Å². The fraction of sp³-hybridized carbons (Fsp3) is 0.105. The van der Waals surface area contributed by atoms with Crippen molar-refractivity contribution < 1.29 is 13.2 Å². The summed E-state index contributed by atoms with van der Waals surface area (Å²) in [5.41, 5.74) is 1.15. The van der Waals surface area contributed by atoms with Crippen LogP contribution in [-0.2, 0) is 14.8 Å². The molecule has 0 saturated carbocycles. The average molecular weight is 453 g/mol. The highest BCUT2D eigenvalue weighted by atomic mass is 35.5. The van der Waals surface area contributed by atoms with E-state index in [0.717, 1.165) is 16.2 Å². The number of carbonyl (C=O) groups is 1. The molecule has 0 radical (unpaired) electrons. The monoisotopic (exact) mass is 452 g/mol. The quantitative estimate of drug-likeness (QED) is 0.475. The molecule has 9 heteroatoms. The second-order valence-electron chi connectivity index (χ2n) is 5.82. The van der Waals surface area contributed by atoms with Crippen LogP contribution in [0.2, 0.25) is 5.02 Å². The Balaban J connectivity index is 1.59. The highest BCUT2D eigenvalue weighted by Gasteiger charge is 2.17. The zero-order chi connectivity index (χ0) is 20.1. The molecule has 3 rings (SSSR count). The summed E-state index contributed by atoms with van der Waals surface area (Å²) >= 11 is 8.39. The molecule has 5 nitrogen and oxygen atoms in total. The third-order valence-electron chi connectivity index (χ3n) is 3.66. The number of hydrogen-bond acceptors (Lipinski definition) is 5. The lowest BCUT2D eigenvalue weighted by molar-refractivity contribution is -0.115. The Kier molecular flexibility index (Phi) is 6.66. The van der Waals surface area contributed by atoms with Crippen molar-refractivity contribution in [3.8, 4) is 0 Å². The van der Waals surface area contributed by atoms with Gasteiger partial charge in [-0.15, -0.1) is 23.1 Å². The summed E-state index contributed by atoms with van der Waals surface area (Å²) in [6.07, 6.45) is 0. The topological polar surface area (TPSA) is 75.3 Å². The summed E-state index contributed by atoms with van der Waals surface area (Å²) in [7, 11) is -3.57. The second kappa shape index (κ2) is 9.00. The molecule has 2 N–H and O–H groups in total. The van der Waals surface area contributed by atoms with E-state index in [1.54, 1.807) is 66.0 Å². The molecule has 0 spiro atoms. The summed E-state index contributed by atoms with van der Waals surface area (Å²) in [6.45, 7) is 1.81. The summed E-state index contributed by atoms with van der Waals surface area (Å²) in [6, 6.07) is 17.1. The first-order valence-corrected chi connectivity index (χ1v) is 11.8. The molecule has 28 heavy (non-hydrogen) atoms. The van der Waals surface area contributed by atoms with Crippen LogP contribution in [0.4, 0.5) is 11.4 Å². The molecule has 2 aromatic carbocycles. The van der Waals surface area contributed by atoms with E-state index in [1.165, 1.54) is 11.8 Å². The average Bonchev–Trinajstić information content (AvgIpc) is 3.21. The van der Waals surface area contributed by atoms with Gasteiger partial charge in [-0.1, -0.05) is 17.7 Å². The predicted molar refractivity (Wildman–Crippen MR) is 117 cm³/mol. The van der Waals surface area contributed by atoms with Gasteiger partial charge in [-0.25, -0.2) is 8.42 Å². The zero-order valence-electron chi connectivity index (χ0n) is 14.8. The van der Waals surface area contributed by atoms with Crippen LogP contribution in [0.15, 0.2) is 75.1 Å². The van der Waals surface area contributed by atoms with E-state index in [9.17, 15) is 13.2 Å². The molecule has 0 aliphatic carbocycles. The minimum atomic E-state index is -3.57. The zero-order valence-corrected chi connectivity index (χ0v) is 18.0. The van der Waals surface area contributed by atoms with Gasteiger partial charge in [0.1, 0.15) is 4.21 Å². The lowest BCUT2D eigenvalue weighted by Gasteiger charge is -2.13. The van der Waals surface area contributed by atoms with Gasteiger partial charge < -0.3 is 5.32 Å². The number of halogens is 1. The van der Waals surface area contributed by atoms with E-state index in [2.05, 4.69) is 10.0 Å². The van der Waals surface area contributed by atoms with Crippen LogP contribution in [0, 0.1) is 0 Å². The molecule has 3 aromatic rings. The highest BCUT2D eigenvalue weighted by molar-refractivity contribution is 8.00. The standard InChI is InChI=1S/C19H17ClN2O3S3/c1-13(19(23)21-15-6-4-14(20)5-7-15)27-17-10-8-16(9-11-17)22-28(24,25)18-3-2-12-26-18/h2-13,22H,1H3,(H,21,23). The van der Waals surface area contributed by atoms with Gasteiger partial charge in [0.25, 0.3) is 10.0 Å². The summed E-state index contributed by atoms with van der Waals surface area (Å²) in [4.78, 5) is 13.2. The number of anilines is 2. The second-order valence-corrected chi connectivity index (χ2v) is 10.5. The number of carbonyl (C=O) groups excluding carboxylic acids is 1. The van der Waals surface area contributed by atoms with E-state index < -0.39 is 10.0 Å². The van der Waals surface area contributed by atoms with Crippen LogP contribution in [0.1, 0.15) is 6.92 Å². The number of hydrogen-bond donors (Lipinski definition) is 2. The molecule has 0 saturated heterocycles. The number of thiophene rings is 1. The molecule has 0 aliphatic rings. The first-order valence-electron chi connectivity index (χ1n) is 8.23. The smallest absolute Gasteiger partial charge is 0.271 e. The Morgan fingerprint density at radius 1 is 1.04 bits per heavy atom. The summed E-state index contributed by atoms with van der Waals surface area (Å²) in [5, 5.41) is 4.83. The minimum Gasteiger partial charge on any atom is -0.325 e. The number of amides is 1. The van der Waals surface area contributed by atoms with Crippen molar-refractivity contribution in [2.45, 2.75) is 21.3 Å². The summed E-state index contributed by atoms with van der Waals surface area (Å²) < 4.78 is 27.3. The summed E-state index contributed by atoms with van der Waals surface area (Å²) in [5.74, 6) is -0.130. The Labute approximate surface area is 177 Å². The Morgan fingerprint density at radius 3 is 2.29 bits per heavy atom. The van der Waals surface area contributed by atoms with Crippen LogP contribution in [0.3, 0.4) is 0 Å². The van der Waals surface area contributed by atoms with E-state index in [-0.39, 0.29) is 15.4 Å². The van der Waals surface area contributed by atoms with Gasteiger partial charge in [0, 0.05) is 21.3 Å². The Bertz CT molecular complexity index is 1040. The molecule has 0 bridgehead atoms. The molecule has 0 fully saturated rings. The lowest BCUT2D eigenvalue weighted by Crippen LogP contribution is -2.22. The third-order valence-corrected chi connectivity index (χ3v) is 7.80. The van der Waals surface area contributed by atoms with Gasteiger partial charge in [-0.3, -0.25) is 9.52 Å². The molecule has 1 heterocycles. The Morgan fingerprint density at radius 2 is 1.68 bits per heavy atom. The first-order chi connectivity index (χ1) is 13.3. The van der Waals surface area contributed by atoms with Crippen molar-refractivity contribution in [3.63, 3.8) is 0 Å². The van der Waals surface area contributed by atoms with Gasteiger partial charge >= 0.3 is 0 Å². The van der Waals surface area contributed by atoms with Crippen molar-refractivity contribution in [2.75, 3.05) is 10.0 Å². The minimum absolute atomic E-state index is 0.130. The highest BCUT2D eigenvalue weighted by Crippen LogP contribution is 2.27. The fourth-order valence-corrected chi connectivity index (χ4v) is 5.30. The van der Waals surface area contributed by atoms with Crippen molar-refractivity contribution >= 4 is 62.0 Å².